The van der Waals surface area contributed by atoms with Crippen LogP contribution in [0.5, 0.6) is 17.2 Å². The number of aromatic hydroxyl groups is 1. The number of alkyl halides is 2. The minimum Gasteiger partial charge on any atom is -0.504 e. The van der Waals surface area contributed by atoms with Gasteiger partial charge in [-0.2, -0.15) is 0 Å². The van der Waals surface area contributed by atoms with Crippen molar-refractivity contribution in [3.63, 3.8) is 0 Å². The minimum absolute atomic E-state index is 0.00135. The third-order valence-corrected chi connectivity index (χ3v) is 5.92. The molecule has 1 aromatic rings. The van der Waals surface area contributed by atoms with Gasteiger partial charge in [-0.15, -0.1) is 0 Å². The van der Waals surface area contributed by atoms with Crippen molar-refractivity contribution in [2.24, 2.45) is 11.8 Å². The molecule has 1 saturated carbocycles. The van der Waals surface area contributed by atoms with E-state index in [9.17, 15) is 13.9 Å². The van der Waals surface area contributed by atoms with Gasteiger partial charge in [-0.1, -0.05) is 6.08 Å². The Bertz CT molecular complexity index is 837. The molecule has 3 aliphatic rings. The topological polar surface area (TPSA) is 66.4 Å². The van der Waals surface area contributed by atoms with E-state index in [0.29, 0.717) is 23.5 Å². The van der Waals surface area contributed by atoms with Crippen LogP contribution in [0.15, 0.2) is 36.1 Å². The van der Waals surface area contributed by atoms with Crippen molar-refractivity contribution in [3.8, 4) is 17.2 Å². The largest absolute Gasteiger partial charge is 0.504 e. The summed E-state index contributed by atoms with van der Waals surface area (Å²) >= 11 is 0. The van der Waals surface area contributed by atoms with E-state index >= 15 is 0 Å². The number of fused-ring (bicyclic) bond motifs is 3. The predicted molar refractivity (Wildman–Crippen MR) is 104 cm³/mol. The van der Waals surface area contributed by atoms with Gasteiger partial charge in [0, 0.05) is 56.4 Å². The lowest BCUT2D eigenvalue weighted by atomic mass is 9.76. The number of allylic oxidation sites excluding steroid dienone is 2. The van der Waals surface area contributed by atoms with E-state index in [2.05, 4.69) is 0 Å². The summed E-state index contributed by atoms with van der Waals surface area (Å²) in [4.78, 5) is 0. The maximum atomic E-state index is 14.5. The van der Waals surface area contributed by atoms with E-state index in [0.717, 1.165) is 0 Å². The average molecular weight is 424 g/mol. The molecule has 1 aliphatic heterocycles. The molecule has 0 spiro atoms. The van der Waals surface area contributed by atoms with Gasteiger partial charge in [0.1, 0.15) is 17.6 Å². The normalized spacial score (nSPS) is 28.9. The lowest BCUT2D eigenvalue weighted by Gasteiger charge is -2.39. The number of benzene rings is 1. The van der Waals surface area contributed by atoms with Gasteiger partial charge in [0.05, 0.1) is 0 Å². The number of halogens is 2. The van der Waals surface area contributed by atoms with Crippen LogP contribution in [0.25, 0.3) is 0 Å². The lowest BCUT2D eigenvalue weighted by Crippen LogP contribution is -2.39. The first-order valence-corrected chi connectivity index (χ1v) is 9.95. The highest BCUT2D eigenvalue weighted by atomic mass is 19.3. The van der Waals surface area contributed by atoms with Gasteiger partial charge in [0.15, 0.2) is 25.1 Å². The summed E-state index contributed by atoms with van der Waals surface area (Å²) in [5, 5.41) is 10.5. The molecule has 1 heterocycles. The molecule has 2 aliphatic carbocycles. The lowest BCUT2D eigenvalue weighted by molar-refractivity contribution is -0.00684. The highest BCUT2D eigenvalue weighted by Gasteiger charge is 2.54. The molecule has 8 heteroatoms. The molecule has 164 valence electrons. The molecule has 0 bridgehead atoms. The Kier molecular flexibility index (Phi) is 5.88. The minimum atomic E-state index is -2.78. The van der Waals surface area contributed by atoms with Gasteiger partial charge in [-0.3, -0.25) is 0 Å². The van der Waals surface area contributed by atoms with E-state index in [4.69, 9.17) is 23.7 Å². The fourth-order valence-electron chi connectivity index (χ4n) is 4.68. The van der Waals surface area contributed by atoms with Crippen molar-refractivity contribution >= 4 is 0 Å². The molecule has 30 heavy (non-hydrogen) atoms. The van der Waals surface area contributed by atoms with Crippen LogP contribution in [0.4, 0.5) is 8.78 Å². The molecule has 0 radical (unpaired) electrons. The second-order valence-electron chi connectivity index (χ2n) is 7.94. The van der Waals surface area contributed by atoms with E-state index in [-0.39, 0.29) is 49.8 Å². The summed E-state index contributed by atoms with van der Waals surface area (Å²) in [6, 6.07) is 3.10. The number of phenols is 1. The molecule has 4 rings (SSSR count). The zero-order valence-corrected chi connectivity index (χ0v) is 17.0. The molecule has 6 nitrogen and oxygen atoms in total. The van der Waals surface area contributed by atoms with Crippen LogP contribution in [0.3, 0.4) is 0 Å². The number of hydrogen-bond acceptors (Lipinski definition) is 6. The Labute approximate surface area is 174 Å². The maximum absolute atomic E-state index is 14.5. The first-order valence-electron chi connectivity index (χ1n) is 9.95. The van der Waals surface area contributed by atoms with Crippen LogP contribution in [0.2, 0.25) is 0 Å². The number of rotatable bonds is 7. The average Bonchev–Trinajstić information content (AvgIpc) is 3.06. The van der Waals surface area contributed by atoms with E-state index in [1.807, 2.05) is 18.2 Å². The van der Waals surface area contributed by atoms with E-state index in [1.165, 1.54) is 13.2 Å². The summed E-state index contributed by atoms with van der Waals surface area (Å²) < 4.78 is 55.7. The number of hydrogen-bond donors (Lipinski definition) is 1. The third kappa shape index (κ3) is 4.11. The molecule has 0 amide bonds. The highest BCUT2D eigenvalue weighted by molar-refractivity contribution is 5.54. The van der Waals surface area contributed by atoms with Crippen LogP contribution in [-0.2, 0) is 14.2 Å². The Hall–Kier alpha value is -2.32. The van der Waals surface area contributed by atoms with E-state index < -0.39 is 17.9 Å². The second kappa shape index (κ2) is 8.43. The van der Waals surface area contributed by atoms with Crippen molar-refractivity contribution in [3.05, 3.63) is 41.7 Å². The molecular formula is C22H26F2O6. The zero-order chi connectivity index (χ0) is 21.3. The standard InChI is InChI=1S/C22H26F2O6/c1-26-11-28-14-5-3-13(4-6-14)20-18-10-22(23,24)9-17(18)16-7-15(29-12-27-2)8-19(25)21(16)30-20/h3,5-8,13,17-18,20,25H,4,9-12H2,1-2H3/t13?,17-,18-,20-/m0/s1. The van der Waals surface area contributed by atoms with Crippen molar-refractivity contribution in [1.82, 2.24) is 0 Å². The van der Waals surface area contributed by atoms with Crippen LogP contribution >= 0.6 is 0 Å². The monoisotopic (exact) mass is 424 g/mol. The molecule has 0 saturated heterocycles. The molecule has 1 N–H and O–H groups in total. The summed E-state index contributed by atoms with van der Waals surface area (Å²) in [6.45, 7) is 0.144. The quantitative estimate of drug-likeness (QED) is 0.657. The fraction of sp³-hybridized carbons (Fsp3) is 0.545. The van der Waals surface area contributed by atoms with Gasteiger partial charge in [0.2, 0.25) is 5.92 Å². The first kappa shape index (κ1) is 20.9. The predicted octanol–water partition coefficient (Wildman–Crippen LogP) is 4.35. The second-order valence-corrected chi connectivity index (χ2v) is 7.94. The number of ether oxygens (including phenoxy) is 5. The van der Waals surface area contributed by atoms with E-state index in [1.54, 1.807) is 13.2 Å². The molecule has 0 aromatic heterocycles. The summed E-state index contributed by atoms with van der Waals surface area (Å²) in [5.41, 5.74) is 0.568. The van der Waals surface area contributed by atoms with Crippen LogP contribution in [0.1, 0.15) is 30.7 Å². The van der Waals surface area contributed by atoms with Crippen molar-refractivity contribution in [1.29, 1.82) is 0 Å². The van der Waals surface area contributed by atoms with Crippen LogP contribution in [-0.4, -0.2) is 44.9 Å². The summed E-state index contributed by atoms with van der Waals surface area (Å²) in [5.74, 6) is -2.47. The van der Waals surface area contributed by atoms with Crippen LogP contribution in [0, 0.1) is 11.8 Å². The first-order chi connectivity index (χ1) is 14.4. The maximum Gasteiger partial charge on any atom is 0.249 e. The van der Waals surface area contributed by atoms with Crippen molar-refractivity contribution in [2.75, 3.05) is 27.8 Å². The van der Waals surface area contributed by atoms with Crippen LogP contribution < -0.4 is 9.47 Å². The molecule has 4 atom stereocenters. The van der Waals surface area contributed by atoms with Crippen molar-refractivity contribution in [2.45, 2.75) is 37.2 Å². The van der Waals surface area contributed by atoms with Gasteiger partial charge in [-0.05, 0) is 24.6 Å². The molecular weight excluding hydrogens is 398 g/mol. The third-order valence-electron chi connectivity index (χ3n) is 5.92. The van der Waals surface area contributed by atoms with Gasteiger partial charge in [0.25, 0.3) is 0 Å². The number of methoxy groups -OCH3 is 2. The fourth-order valence-corrected chi connectivity index (χ4v) is 4.68. The van der Waals surface area contributed by atoms with Gasteiger partial charge in [-0.25, -0.2) is 8.78 Å². The van der Waals surface area contributed by atoms with Gasteiger partial charge >= 0.3 is 0 Å². The van der Waals surface area contributed by atoms with Gasteiger partial charge < -0.3 is 28.8 Å². The highest BCUT2D eigenvalue weighted by Crippen LogP contribution is 2.58. The molecule has 1 fully saturated rings. The smallest absolute Gasteiger partial charge is 0.249 e. The Morgan fingerprint density at radius 1 is 1.13 bits per heavy atom. The molecule has 1 unspecified atom stereocenters. The summed E-state index contributed by atoms with van der Waals surface area (Å²) in [6.07, 6.45) is 5.27. The Morgan fingerprint density at radius 3 is 2.60 bits per heavy atom. The Balaban J connectivity index is 1.61. The van der Waals surface area contributed by atoms with Crippen molar-refractivity contribution < 1.29 is 37.6 Å². The SMILES string of the molecule is COCOC1=CCC([C@@H]2Oc3c(O)cc(OCOC)cc3[C@@H]3CC(F)(F)C[C@@H]32)C=C1. The summed E-state index contributed by atoms with van der Waals surface area (Å²) in [7, 11) is 3.03. The molecule has 1 aromatic carbocycles. The zero-order valence-electron chi connectivity index (χ0n) is 17.0. The number of phenolic OH excluding ortho intramolecular Hbond substituents is 1. The Morgan fingerprint density at radius 2 is 1.90 bits per heavy atom.